The summed E-state index contributed by atoms with van der Waals surface area (Å²) in [6, 6.07) is 4.58. The number of H-pyrrole nitrogens is 1. The molecule has 0 saturated carbocycles. The van der Waals surface area contributed by atoms with E-state index >= 15 is 0 Å². The van der Waals surface area contributed by atoms with E-state index in [1.54, 1.807) is 13.2 Å². The lowest BCUT2D eigenvalue weighted by atomic mass is 10.3. The minimum Gasteiger partial charge on any atom is -0.383 e. The fraction of sp³-hybridized carbons (Fsp3) is 0.300. The number of halogens is 1. The molecule has 0 fully saturated rings. The molecule has 1 heterocycles. The number of aromatic amines is 1. The third-order valence-corrected chi connectivity index (χ3v) is 2.58. The number of hydrogen-bond donors (Lipinski definition) is 1. The summed E-state index contributed by atoms with van der Waals surface area (Å²) in [7, 11) is 1.64. The summed E-state index contributed by atoms with van der Waals surface area (Å²) in [6.07, 6.45) is 0. The van der Waals surface area contributed by atoms with Crippen LogP contribution >= 0.6 is 12.2 Å². The van der Waals surface area contributed by atoms with Gasteiger partial charge in [-0.2, -0.15) is 0 Å². The third-order valence-electron chi connectivity index (χ3n) is 2.26. The van der Waals surface area contributed by atoms with E-state index in [4.69, 9.17) is 17.0 Å². The lowest BCUT2D eigenvalue weighted by Crippen LogP contribution is -2.03. The zero-order valence-electron chi connectivity index (χ0n) is 8.29. The van der Waals surface area contributed by atoms with Gasteiger partial charge in [-0.3, -0.25) is 0 Å². The largest absolute Gasteiger partial charge is 0.383 e. The van der Waals surface area contributed by atoms with Crippen LogP contribution in [0.5, 0.6) is 0 Å². The molecule has 15 heavy (non-hydrogen) atoms. The second-order valence-electron chi connectivity index (χ2n) is 3.24. The van der Waals surface area contributed by atoms with Crippen LogP contribution in [0.4, 0.5) is 4.39 Å². The summed E-state index contributed by atoms with van der Waals surface area (Å²) >= 11 is 5.14. The molecule has 0 spiro atoms. The monoisotopic (exact) mass is 226 g/mol. The second-order valence-corrected chi connectivity index (χ2v) is 3.62. The van der Waals surface area contributed by atoms with Crippen molar-refractivity contribution < 1.29 is 9.13 Å². The number of nitrogens with one attached hydrogen (secondary N) is 1. The van der Waals surface area contributed by atoms with Crippen LogP contribution in [0.3, 0.4) is 0 Å². The summed E-state index contributed by atoms with van der Waals surface area (Å²) in [6.45, 7) is 1.25. The number of ether oxygens (including phenoxy) is 1. The first-order valence-corrected chi connectivity index (χ1v) is 5.00. The topological polar surface area (TPSA) is 29.9 Å². The lowest BCUT2D eigenvalue weighted by Gasteiger charge is -2.02. The van der Waals surface area contributed by atoms with Gasteiger partial charge in [-0.15, -0.1) is 0 Å². The Morgan fingerprint density at radius 3 is 3.07 bits per heavy atom. The Hall–Kier alpha value is -1.20. The van der Waals surface area contributed by atoms with Crippen molar-refractivity contribution in [1.29, 1.82) is 0 Å². The Balaban J connectivity index is 2.53. The summed E-state index contributed by atoms with van der Waals surface area (Å²) in [5.41, 5.74) is 1.62. The molecule has 1 N–H and O–H groups in total. The van der Waals surface area contributed by atoms with Crippen molar-refractivity contribution in [3.05, 3.63) is 28.8 Å². The number of fused-ring (bicyclic) bond motifs is 1. The highest BCUT2D eigenvalue weighted by molar-refractivity contribution is 7.71. The lowest BCUT2D eigenvalue weighted by molar-refractivity contribution is 0.188. The molecule has 0 aliphatic carbocycles. The van der Waals surface area contributed by atoms with Crippen LogP contribution in [-0.2, 0) is 11.3 Å². The van der Waals surface area contributed by atoms with Crippen molar-refractivity contribution in [3.8, 4) is 0 Å². The molecule has 1 aromatic heterocycles. The highest BCUT2D eigenvalue weighted by Crippen LogP contribution is 2.15. The first-order chi connectivity index (χ1) is 7.22. The molecular formula is C10H11FN2OS. The summed E-state index contributed by atoms with van der Waals surface area (Å²) in [4.78, 5) is 2.96. The van der Waals surface area contributed by atoms with Gasteiger partial charge in [0.25, 0.3) is 0 Å². The Morgan fingerprint density at radius 1 is 1.53 bits per heavy atom. The second kappa shape index (κ2) is 4.12. The minimum atomic E-state index is -0.266. The van der Waals surface area contributed by atoms with Gasteiger partial charge >= 0.3 is 0 Å². The van der Waals surface area contributed by atoms with Crippen molar-refractivity contribution in [2.24, 2.45) is 0 Å². The number of aromatic nitrogens is 2. The number of benzene rings is 1. The molecule has 80 valence electrons. The van der Waals surface area contributed by atoms with Crippen molar-refractivity contribution in [2.75, 3.05) is 13.7 Å². The molecule has 3 nitrogen and oxygen atoms in total. The van der Waals surface area contributed by atoms with E-state index in [9.17, 15) is 4.39 Å². The molecule has 0 unspecified atom stereocenters. The molecule has 0 saturated heterocycles. The first-order valence-electron chi connectivity index (χ1n) is 4.59. The maximum absolute atomic E-state index is 12.9. The molecular weight excluding hydrogens is 215 g/mol. The van der Waals surface area contributed by atoms with Gasteiger partial charge in [0.2, 0.25) is 0 Å². The molecule has 1 aromatic carbocycles. The molecule has 2 aromatic rings. The maximum atomic E-state index is 12.9. The summed E-state index contributed by atoms with van der Waals surface area (Å²) in [5.74, 6) is -0.266. The fourth-order valence-electron chi connectivity index (χ4n) is 1.54. The Morgan fingerprint density at radius 2 is 2.33 bits per heavy atom. The van der Waals surface area contributed by atoms with E-state index < -0.39 is 0 Å². The summed E-state index contributed by atoms with van der Waals surface area (Å²) in [5, 5.41) is 0. The Kier molecular flexibility index (Phi) is 2.83. The molecule has 0 aliphatic heterocycles. The van der Waals surface area contributed by atoms with Crippen LogP contribution in [0.25, 0.3) is 11.0 Å². The zero-order valence-corrected chi connectivity index (χ0v) is 9.10. The van der Waals surface area contributed by atoms with Gasteiger partial charge in [0, 0.05) is 13.7 Å². The van der Waals surface area contributed by atoms with Crippen LogP contribution < -0.4 is 0 Å². The van der Waals surface area contributed by atoms with Crippen LogP contribution in [0.2, 0.25) is 0 Å². The number of rotatable bonds is 3. The highest BCUT2D eigenvalue weighted by atomic mass is 32.1. The van der Waals surface area contributed by atoms with E-state index in [1.807, 2.05) is 4.57 Å². The van der Waals surface area contributed by atoms with E-state index in [-0.39, 0.29) is 5.82 Å². The maximum Gasteiger partial charge on any atom is 0.178 e. The Labute approximate surface area is 91.5 Å². The highest BCUT2D eigenvalue weighted by Gasteiger charge is 2.04. The van der Waals surface area contributed by atoms with E-state index in [1.165, 1.54) is 12.1 Å². The summed E-state index contributed by atoms with van der Waals surface area (Å²) < 4.78 is 20.4. The molecule has 0 radical (unpaired) electrons. The average molecular weight is 226 g/mol. The van der Waals surface area contributed by atoms with Gasteiger partial charge in [-0.05, 0) is 30.4 Å². The van der Waals surface area contributed by atoms with Gasteiger partial charge in [0.05, 0.1) is 17.6 Å². The number of hydrogen-bond acceptors (Lipinski definition) is 2. The van der Waals surface area contributed by atoms with Gasteiger partial charge in [0.15, 0.2) is 4.77 Å². The molecule has 0 bridgehead atoms. The number of nitrogens with zero attached hydrogens (tertiary/aromatic N) is 1. The molecule has 2 rings (SSSR count). The molecule has 0 aliphatic rings. The normalized spacial score (nSPS) is 11.1. The molecule has 5 heteroatoms. The van der Waals surface area contributed by atoms with Gasteiger partial charge < -0.3 is 14.3 Å². The smallest absolute Gasteiger partial charge is 0.178 e. The predicted molar refractivity (Wildman–Crippen MR) is 59.0 cm³/mol. The number of methoxy groups -OCH3 is 1. The van der Waals surface area contributed by atoms with Gasteiger partial charge in [-0.25, -0.2) is 4.39 Å². The van der Waals surface area contributed by atoms with Crippen molar-refractivity contribution >= 4 is 23.3 Å². The van der Waals surface area contributed by atoms with E-state index in [0.717, 1.165) is 11.0 Å². The van der Waals surface area contributed by atoms with Gasteiger partial charge in [0.1, 0.15) is 5.82 Å². The van der Waals surface area contributed by atoms with Crippen LogP contribution in [0.1, 0.15) is 0 Å². The van der Waals surface area contributed by atoms with E-state index in [0.29, 0.717) is 17.9 Å². The van der Waals surface area contributed by atoms with Crippen LogP contribution in [0.15, 0.2) is 18.2 Å². The third kappa shape index (κ3) is 1.93. The van der Waals surface area contributed by atoms with Crippen molar-refractivity contribution in [3.63, 3.8) is 0 Å². The standard InChI is InChI=1S/C10H11FN2OS/c1-14-5-4-13-9-3-2-7(11)6-8(9)12-10(13)15/h2-3,6H,4-5H2,1H3,(H,12,15). The molecule has 0 amide bonds. The van der Waals surface area contributed by atoms with Crippen molar-refractivity contribution in [1.82, 2.24) is 9.55 Å². The van der Waals surface area contributed by atoms with E-state index in [2.05, 4.69) is 4.98 Å². The van der Waals surface area contributed by atoms with Gasteiger partial charge in [-0.1, -0.05) is 0 Å². The zero-order chi connectivity index (χ0) is 10.8. The Bertz CT molecular complexity index is 532. The number of imidazole rings is 1. The van der Waals surface area contributed by atoms with Crippen LogP contribution in [0, 0.1) is 10.6 Å². The molecule has 0 atom stereocenters. The quantitative estimate of drug-likeness (QED) is 0.815. The van der Waals surface area contributed by atoms with Crippen LogP contribution in [-0.4, -0.2) is 23.3 Å². The SMILES string of the molecule is COCCn1c(=S)[nH]c2cc(F)ccc21. The average Bonchev–Trinajstić information content (AvgIpc) is 2.50. The first kappa shape index (κ1) is 10.3. The predicted octanol–water partition coefficient (Wildman–Crippen LogP) is 2.48. The van der Waals surface area contributed by atoms with Crippen molar-refractivity contribution in [2.45, 2.75) is 6.54 Å². The fourth-order valence-corrected chi connectivity index (χ4v) is 1.84. The minimum absolute atomic E-state index is 0.266.